The van der Waals surface area contributed by atoms with Gasteiger partial charge in [0.25, 0.3) is 6.43 Å². The highest BCUT2D eigenvalue weighted by Gasteiger charge is 2.41. The van der Waals surface area contributed by atoms with Crippen LogP contribution in [0, 0.1) is 11.3 Å². The topological polar surface area (TPSA) is 45.9 Å². The third-order valence-corrected chi connectivity index (χ3v) is 1.90. The summed E-state index contributed by atoms with van der Waals surface area (Å²) < 4.78 is 102. The number of rotatable bonds is 2. The Kier molecular flexibility index (Phi) is 4.07. The van der Waals surface area contributed by atoms with E-state index in [1.54, 1.807) is 0 Å². The van der Waals surface area contributed by atoms with Gasteiger partial charge in [-0.3, -0.25) is 4.98 Å². The van der Waals surface area contributed by atoms with Gasteiger partial charge in [-0.05, 0) is 0 Å². The molecule has 3 nitrogen and oxygen atoms in total. The summed E-state index contributed by atoms with van der Waals surface area (Å²) in [6, 6.07) is 0.770. The normalized spacial score (nSPS) is 12.4. The van der Waals surface area contributed by atoms with Crippen molar-refractivity contribution in [3.05, 3.63) is 23.0 Å². The van der Waals surface area contributed by atoms with Gasteiger partial charge in [0.1, 0.15) is 17.3 Å². The average Bonchev–Trinajstić information content (AvgIpc) is 2.24. The molecule has 0 fully saturated rings. The third kappa shape index (κ3) is 3.46. The molecule has 11 heteroatoms. The predicted molar refractivity (Wildman–Crippen MR) is 45.6 cm³/mol. The van der Waals surface area contributed by atoms with Crippen LogP contribution in [0.15, 0.2) is 6.20 Å². The van der Waals surface area contributed by atoms with E-state index in [9.17, 15) is 35.1 Å². The number of hydrogen-bond donors (Lipinski definition) is 0. The SMILES string of the molecule is N#Cc1c(C(F)(F)F)cnc(C(F)F)c1OC(F)(F)F. The van der Waals surface area contributed by atoms with E-state index >= 15 is 0 Å². The highest BCUT2D eigenvalue weighted by atomic mass is 19.4. The molecule has 0 bridgehead atoms. The van der Waals surface area contributed by atoms with Crippen molar-refractivity contribution in [2.45, 2.75) is 19.0 Å². The van der Waals surface area contributed by atoms with Crippen LogP contribution in [0.4, 0.5) is 35.1 Å². The lowest BCUT2D eigenvalue weighted by molar-refractivity contribution is -0.275. The fourth-order valence-electron chi connectivity index (χ4n) is 1.21. The summed E-state index contributed by atoms with van der Waals surface area (Å²) in [7, 11) is 0. The zero-order valence-corrected chi connectivity index (χ0v) is 8.98. The first kappa shape index (κ1) is 15.9. The first-order valence-corrected chi connectivity index (χ1v) is 4.51. The monoisotopic (exact) mass is 306 g/mol. The van der Waals surface area contributed by atoms with Crippen molar-refractivity contribution in [3.8, 4) is 11.8 Å². The lowest BCUT2D eigenvalue weighted by Crippen LogP contribution is -2.21. The fraction of sp³-hybridized carbons (Fsp3) is 0.333. The van der Waals surface area contributed by atoms with Gasteiger partial charge in [0.15, 0.2) is 5.75 Å². The maximum atomic E-state index is 12.5. The van der Waals surface area contributed by atoms with Gasteiger partial charge in [0.2, 0.25) is 0 Å². The number of nitrogens with zero attached hydrogens (tertiary/aromatic N) is 2. The average molecular weight is 306 g/mol. The Morgan fingerprint density at radius 3 is 2.05 bits per heavy atom. The minimum atomic E-state index is -5.55. The lowest BCUT2D eigenvalue weighted by Gasteiger charge is -2.16. The predicted octanol–water partition coefficient (Wildman–Crippen LogP) is 3.81. The molecule has 0 N–H and O–H groups in total. The summed E-state index contributed by atoms with van der Waals surface area (Å²) in [6.45, 7) is 0. The molecular formula is C9H2F8N2O. The van der Waals surface area contributed by atoms with Crippen LogP contribution in [0.3, 0.4) is 0 Å². The van der Waals surface area contributed by atoms with Crippen LogP contribution in [0.2, 0.25) is 0 Å². The van der Waals surface area contributed by atoms with E-state index in [-0.39, 0.29) is 6.20 Å². The van der Waals surface area contributed by atoms with Gasteiger partial charge < -0.3 is 4.74 Å². The summed E-state index contributed by atoms with van der Waals surface area (Å²) in [5, 5.41) is 8.50. The first-order valence-electron chi connectivity index (χ1n) is 4.51. The number of nitriles is 1. The number of halogens is 8. The summed E-state index contributed by atoms with van der Waals surface area (Å²) in [6.07, 6.45) is -14.6. The zero-order valence-electron chi connectivity index (χ0n) is 8.98. The maximum absolute atomic E-state index is 12.5. The van der Waals surface area contributed by atoms with Crippen LogP contribution >= 0.6 is 0 Å². The molecule has 110 valence electrons. The Hall–Kier alpha value is -2.12. The highest BCUT2D eigenvalue weighted by molar-refractivity contribution is 5.52. The number of hydrogen-bond acceptors (Lipinski definition) is 3. The Morgan fingerprint density at radius 2 is 1.70 bits per heavy atom. The van der Waals surface area contributed by atoms with Crippen LogP contribution < -0.4 is 4.74 Å². The van der Waals surface area contributed by atoms with E-state index in [4.69, 9.17) is 5.26 Å². The van der Waals surface area contributed by atoms with Gasteiger partial charge >= 0.3 is 12.5 Å². The molecule has 0 unspecified atom stereocenters. The van der Waals surface area contributed by atoms with E-state index in [0.29, 0.717) is 0 Å². The van der Waals surface area contributed by atoms with E-state index in [1.165, 1.54) is 0 Å². The molecule has 0 radical (unpaired) electrons. The quantitative estimate of drug-likeness (QED) is 0.781. The van der Waals surface area contributed by atoms with Crippen LogP contribution in [-0.4, -0.2) is 11.3 Å². The zero-order chi connectivity index (χ0) is 15.7. The van der Waals surface area contributed by atoms with Crippen molar-refractivity contribution in [3.63, 3.8) is 0 Å². The van der Waals surface area contributed by atoms with Crippen LogP contribution in [0.25, 0.3) is 0 Å². The van der Waals surface area contributed by atoms with Gasteiger partial charge in [-0.25, -0.2) is 8.78 Å². The van der Waals surface area contributed by atoms with Gasteiger partial charge in [-0.15, -0.1) is 13.2 Å². The molecule has 1 aromatic heterocycles. The second-order valence-electron chi connectivity index (χ2n) is 3.22. The lowest BCUT2D eigenvalue weighted by atomic mass is 10.1. The molecule has 0 spiro atoms. The van der Waals surface area contributed by atoms with Crippen molar-refractivity contribution in [2.75, 3.05) is 0 Å². The molecule has 0 aliphatic rings. The Morgan fingerprint density at radius 1 is 1.15 bits per heavy atom. The second kappa shape index (κ2) is 5.10. The maximum Gasteiger partial charge on any atom is 0.573 e. The Labute approximate surface area is 105 Å². The molecule has 0 aromatic carbocycles. The minimum Gasteiger partial charge on any atom is -0.402 e. The Balaban J connectivity index is 3.60. The van der Waals surface area contributed by atoms with Gasteiger partial charge in [-0.1, -0.05) is 0 Å². The fourth-order valence-corrected chi connectivity index (χ4v) is 1.21. The van der Waals surface area contributed by atoms with E-state index < -0.39 is 41.5 Å². The summed E-state index contributed by atoms with van der Waals surface area (Å²) in [4.78, 5) is 2.59. The van der Waals surface area contributed by atoms with E-state index in [0.717, 1.165) is 6.07 Å². The molecule has 0 aliphatic heterocycles. The summed E-state index contributed by atoms with van der Waals surface area (Å²) in [5.74, 6) is -1.95. The molecule has 0 aliphatic carbocycles. The molecule has 1 heterocycles. The van der Waals surface area contributed by atoms with Crippen molar-refractivity contribution >= 4 is 0 Å². The van der Waals surface area contributed by atoms with Crippen LogP contribution in [0.1, 0.15) is 23.2 Å². The van der Waals surface area contributed by atoms with Gasteiger partial charge in [-0.2, -0.15) is 18.4 Å². The van der Waals surface area contributed by atoms with Gasteiger partial charge in [0, 0.05) is 6.20 Å². The number of alkyl halides is 8. The number of aromatic nitrogens is 1. The van der Waals surface area contributed by atoms with E-state index in [2.05, 4.69) is 9.72 Å². The molecule has 20 heavy (non-hydrogen) atoms. The van der Waals surface area contributed by atoms with Crippen molar-refractivity contribution < 1.29 is 39.9 Å². The largest absolute Gasteiger partial charge is 0.573 e. The van der Waals surface area contributed by atoms with Gasteiger partial charge in [0.05, 0.1) is 5.56 Å². The van der Waals surface area contributed by atoms with Crippen molar-refractivity contribution in [2.24, 2.45) is 0 Å². The molecular weight excluding hydrogens is 304 g/mol. The van der Waals surface area contributed by atoms with E-state index in [1.807, 2.05) is 0 Å². The minimum absolute atomic E-state index is 0.150. The van der Waals surface area contributed by atoms with Crippen LogP contribution in [-0.2, 0) is 6.18 Å². The number of ether oxygens (including phenoxy) is 1. The standard InChI is InChI=1S/C9H2F8N2O/c10-7(11)5-6(20-9(15,16)17)3(1-18)4(2-19-5)8(12,13)14/h2,7H. The molecule has 0 saturated heterocycles. The van der Waals surface area contributed by atoms with Crippen molar-refractivity contribution in [1.82, 2.24) is 4.98 Å². The first-order chi connectivity index (χ1) is 8.97. The summed E-state index contributed by atoms with van der Waals surface area (Å²) in [5.41, 5.74) is -5.31. The summed E-state index contributed by atoms with van der Waals surface area (Å²) >= 11 is 0. The highest BCUT2D eigenvalue weighted by Crippen LogP contribution is 2.40. The third-order valence-electron chi connectivity index (χ3n) is 1.90. The molecule has 0 atom stereocenters. The molecule has 1 rings (SSSR count). The molecule has 0 amide bonds. The molecule has 0 saturated carbocycles. The number of pyridine rings is 1. The smallest absolute Gasteiger partial charge is 0.402 e. The van der Waals surface area contributed by atoms with Crippen molar-refractivity contribution in [1.29, 1.82) is 5.26 Å². The Bertz CT molecular complexity index is 543. The second-order valence-corrected chi connectivity index (χ2v) is 3.22. The van der Waals surface area contributed by atoms with Crippen LogP contribution in [0.5, 0.6) is 5.75 Å². The molecule has 1 aromatic rings.